The van der Waals surface area contributed by atoms with Crippen molar-refractivity contribution in [1.82, 2.24) is 5.32 Å². The topological polar surface area (TPSA) is 84.9 Å². The summed E-state index contributed by atoms with van der Waals surface area (Å²) in [5.74, 6) is -0.981. The van der Waals surface area contributed by atoms with Gasteiger partial charge in [0.1, 0.15) is 11.8 Å². The molecule has 0 rings (SSSR count). The van der Waals surface area contributed by atoms with Crippen LogP contribution in [0.3, 0.4) is 0 Å². The Labute approximate surface area is 108 Å². The predicted octanol–water partition coefficient (Wildman–Crippen LogP) is 2.15. The SMILES string of the molecule is C=CC(=O)O.CCOC(C)NC(=O)OC(C)(C)C. The number of hydrogen-bond acceptors (Lipinski definition) is 4. The molecule has 0 aromatic rings. The first-order valence-corrected chi connectivity index (χ1v) is 5.58. The van der Waals surface area contributed by atoms with Gasteiger partial charge in [-0.15, -0.1) is 0 Å². The average molecular weight is 261 g/mol. The monoisotopic (exact) mass is 261 g/mol. The summed E-state index contributed by atoms with van der Waals surface area (Å²) < 4.78 is 10.1. The molecule has 18 heavy (non-hydrogen) atoms. The third-order valence-corrected chi connectivity index (χ3v) is 1.31. The van der Waals surface area contributed by atoms with E-state index in [1.54, 1.807) is 6.92 Å². The number of ether oxygens (including phenoxy) is 2. The molecule has 6 nitrogen and oxygen atoms in total. The molecule has 0 saturated carbocycles. The minimum Gasteiger partial charge on any atom is -0.478 e. The molecule has 1 unspecified atom stereocenters. The third-order valence-electron chi connectivity index (χ3n) is 1.31. The molecule has 1 amide bonds. The Kier molecular flexibility index (Phi) is 9.89. The van der Waals surface area contributed by atoms with Gasteiger partial charge in [0.05, 0.1) is 0 Å². The smallest absolute Gasteiger partial charge is 0.409 e. The van der Waals surface area contributed by atoms with Crippen molar-refractivity contribution < 1.29 is 24.2 Å². The summed E-state index contributed by atoms with van der Waals surface area (Å²) in [6, 6.07) is 0. The van der Waals surface area contributed by atoms with Crippen molar-refractivity contribution in [3.8, 4) is 0 Å². The number of alkyl carbamates (subject to hydrolysis) is 1. The van der Waals surface area contributed by atoms with Gasteiger partial charge in [0.25, 0.3) is 0 Å². The summed E-state index contributed by atoms with van der Waals surface area (Å²) in [5, 5.41) is 10.2. The molecule has 0 bridgehead atoms. The molecule has 0 radical (unpaired) electrons. The van der Waals surface area contributed by atoms with Gasteiger partial charge in [0.15, 0.2) is 0 Å². The fraction of sp³-hybridized carbons (Fsp3) is 0.667. The van der Waals surface area contributed by atoms with Crippen molar-refractivity contribution in [2.45, 2.75) is 46.4 Å². The molecule has 0 spiro atoms. The average Bonchev–Trinajstić information content (AvgIpc) is 2.15. The van der Waals surface area contributed by atoms with Gasteiger partial charge in [-0.25, -0.2) is 9.59 Å². The fourth-order valence-corrected chi connectivity index (χ4v) is 0.765. The quantitative estimate of drug-likeness (QED) is 0.598. The molecule has 0 aliphatic carbocycles. The summed E-state index contributed by atoms with van der Waals surface area (Å²) in [6.07, 6.45) is 0.0771. The van der Waals surface area contributed by atoms with Crippen LogP contribution in [0.15, 0.2) is 12.7 Å². The van der Waals surface area contributed by atoms with Crippen molar-refractivity contribution in [3.63, 3.8) is 0 Å². The number of carbonyl (C=O) groups is 2. The van der Waals surface area contributed by atoms with Gasteiger partial charge in [0.2, 0.25) is 0 Å². The number of carboxylic acid groups (broad SMARTS) is 1. The van der Waals surface area contributed by atoms with Crippen molar-refractivity contribution in [1.29, 1.82) is 0 Å². The van der Waals surface area contributed by atoms with E-state index in [0.29, 0.717) is 6.61 Å². The highest BCUT2D eigenvalue weighted by atomic mass is 16.6. The van der Waals surface area contributed by atoms with Crippen molar-refractivity contribution in [2.75, 3.05) is 6.61 Å². The van der Waals surface area contributed by atoms with E-state index in [1.807, 2.05) is 27.7 Å². The van der Waals surface area contributed by atoms with E-state index in [4.69, 9.17) is 14.6 Å². The van der Waals surface area contributed by atoms with Crippen LogP contribution in [0.1, 0.15) is 34.6 Å². The Balaban J connectivity index is 0. The van der Waals surface area contributed by atoms with Gasteiger partial charge in [-0.05, 0) is 34.6 Å². The molecule has 0 aromatic carbocycles. The lowest BCUT2D eigenvalue weighted by Gasteiger charge is -2.21. The number of carboxylic acids is 1. The van der Waals surface area contributed by atoms with Crippen LogP contribution in [0.25, 0.3) is 0 Å². The Morgan fingerprint density at radius 1 is 1.44 bits per heavy atom. The maximum Gasteiger partial charge on any atom is 0.409 e. The summed E-state index contributed by atoms with van der Waals surface area (Å²) in [5.41, 5.74) is -0.462. The Morgan fingerprint density at radius 2 is 1.89 bits per heavy atom. The van der Waals surface area contributed by atoms with Crippen LogP contribution >= 0.6 is 0 Å². The normalized spacial score (nSPS) is 11.6. The lowest BCUT2D eigenvalue weighted by Crippen LogP contribution is -2.38. The van der Waals surface area contributed by atoms with Gasteiger partial charge >= 0.3 is 12.1 Å². The third kappa shape index (κ3) is 16.9. The zero-order valence-electron chi connectivity index (χ0n) is 11.6. The minimum atomic E-state index is -0.981. The standard InChI is InChI=1S/C9H19NO3.C3H4O2/c1-6-12-7(2)10-8(11)13-9(3,4)5;1-2-3(4)5/h7H,6H2,1-5H3,(H,10,11);2H,1H2,(H,4,5). The highest BCUT2D eigenvalue weighted by Gasteiger charge is 2.17. The van der Waals surface area contributed by atoms with Crippen LogP contribution in [-0.2, 0) is 14.3 Å². The van der Waals surface area contributed by atoms with Crippen LogP contribution in [0.5, 0.6) is 0 Å². The zero-order valence-corrected chi connectivity index (χ0v) is 11.6. The molecule has 2 N–H and O–H groups in total. The van der Waals surface area contributed by atoms with Gasteiger partial charge in [0, 0.05) is 12.7 Å². The van der Waals surface area contributed by atoms with Crippen LogP contribution in [0.2, 0.25) is 0 Å². The number of amides is 1. The Hall–Kier alpha value is -1.56. The van der Waals surface area contributed by atoms with Crippen molar-refractivity contribution >= 4 is 12.1 Å². The van der Waals surface area contributed by atoms with E-state index >= 15 is 0 Å². The highest BCUT2D eigenvalue weighted by molar-refractivity contribution is 5.78. The molecule has 6 heteroatoms. The van der Waals surface area contributed by atoms with E-state index in [1.165, 1.54) is 0 Å². The van der Waals surface area contributed by atoms with Crippen LogP contribution in [0.4, 0.5) is 4.79 Å². The maximum atomic E-state index is 11.1. The second kappa shape index (κ2) is 9.47. The first-order chi connectivity index (χ1) is 8.12. The number of nitrogens with one attached hydrogen (secondary N) is 1. The summed E-state index contributed by atoms with van der Waals surface area (Å²) >= 11 is 0. The number of rotatable bonds is 4. The van der Waals surface area contributed by atoms with E-state index < -0.39 is 17.7 Å². The molecular formula is C12H23NO5. The molecule has 1 atom stereocenters. The van der Waals surface area contributed by atoms with Gasteiger partial charge < -0.3 is 14.6 Å². The highest BCUT2D eigenvalue weighted by Crippen LogP contribution is 2.06. The fourth-order valence-electron chi connectivity index (χ4n) is 0.765. The van der Waals surface area contributed by atoms with Crippen molar-refractivity contribution in [2.24, 2.45) is 0 Å². The summed E-state index contributed by atoms with van der Waals surface area (Å²) in [7, 11) is 0. The summed E-state index contributed by atoms with van der Waals surface area (Å²) in [6.45, 7) is 12.6. The van der Waals surface area contributed by atoms with E-state index in [2.05, 4.69) is 11.9 Å². The number of hydrogen-bond donors (Lipinski definition) is 2. The minimum absolute atomic E-state index is 0.306. The number of carbonyl (C=O) groups excluding carboxylic acids is 1. The molecule has 106 valence electrons. The summed E-state index contributed by atoms with van der Waals surface area (Å²) in [4.78, 5) is 20.4. The largest absolute Gasteiger partial charge is 0.478 e. The van der Waals surface area contributed by atoms with Crippen molar-refractivity contribution in [3.05, 3.63) is 12.7 Å². The van der Waals surface area contributed by atoms with Gasteiger partial charge in [-0.1, -0.05) is 6.58 Å². The second-order valence-corrected chi connectivity index (χ2v) is 4.29. The molecule has 0 heterocycles. The predicted molar refractivity (Wildman–Crippen MR) is 68.3 cm³/mol. The molecule has 0 fully saturated rings. The van der Waals surface area contributed by atoms with E-state index in [0.717, 1.165) is 6.08 Å². The van der Waals surface area contributed by atoms with Gasteiger partial charge in [-0.2, -0.15) is 0 Å². The molecular weight excluding hydrogens is 238 g/mol. The Bertz CT molecular complexity index is 270. The first-order valence-electron chi connectivity index (χ1n) is 5.58. The van der Waals surface area contributed by atoms with E-state index in [-0.39, 0.29) is 6.23 Å². The van der Waals surface area contributed by atoms with E-state index in [9.17, 15) is 9.59 Å². The molecule has 0 saturated heterocycles. The van der Waals surface area contributed by atoms with Gasteiger partial charge in [-0.3, -0.25) is 5.32 Å². The molecule has 0 aliphatic heterocycles. The number of aliphatic carboxylic acids is 1. The molecule has 0 aromatic heterocycles. The second-order valence-electron chi connectivity index (χ2n) is 4.29. The first kappa shape index (κ1) is 18.8. The lowest BCUT2D eigenvalue weighted by molar-refractivity contribution is -0.131. The van der Waals surface area contributed by atoms with Crippen LogP contribution in [0, 0.1) is 0 Å². The maximum absolute atomic E-state index is 11.1. The zero-order chi connectivity index (χ0) is 14.8. The lowest BCUT2D eigenvalue weighted by atomic mass is 10.2. The van der Waals surface area contributed by atoms with Crippen LogP contribution in [-0.4, -0.2) is 35.6 Å². The Morgan fingerprint density at radius 3 is 2.17 bits per heavy atom. The van der Waals surface area contributed by atoms with Crippen LogP contribution < -0.4 is 5.32 Å². The molecule has 0 aliphatic rings.